The van der Waals surface area contributed by atoms with Crippen molar-refractivity contribution in [3.05, 3.63) is 0 Å². The fourth-order valence-corrected chi connectivity index (χ4v) is 4.62. The van der Waals surface area contributed by atoms with Gasteiger partial charge in [-0.1, -0.05) is 21.6 Å². The molecule has 11 heteroatoms. The molecule has 1 heterocycles. The highest BCUT2D eigenvalue weighted by atomic mass is 33.1. The van der Waals surface area contributed by atoms with Crippen LogP contribution in [0.4, 0.5) is 0 Å². The molecule has 1 saturated heterocycles. The number of carbonyl (C=O) groups excluding carboxylic acids is 4. The molecule has 1 rings (SSSR count). The van der Waals surface area contributed by atoms with Crippen LogP contribution in [0.15, 0.2) is 0 Å². The highest BCUT2D eigenvalue weighted by Gasteiger charge is 2.32. The van der Waals surface area contributed by atoms with Crippen LogP contribution < -0.4 is 11.1 Å². The normalized spacial score (nSPS) is 16.7. The summed E-state index contributed by atoms with van der Waals surface area (Å²) in [5.74, 6) is -0.0860. The van der Waals surface area contributed by atoms with Crippen LogP contribution in [0.1, 0.15) is 47.0 Å². The van der Waals surface area contributed by atoms with Crippen LogP contribution >= 0.6 is 21.6 Å². The van der Waals surface area contributed by atoms with Crippen LogP contribution in [0.2, 0.25) is 0 Å². The van der Waals surface area contributed by atoms with Gasteiger partial charge in [-0.25, -0.2) is 0 Å². The van der Waals surface area contributed by atoms with Gasteiger partial charge in [0.2, 0.25) is 17.7 Å². The summed E-state index contributed by atoms with van der Waals surface area (Å²) in [4.78, 5) is 47.1. The molecule has 0 saturated carbocycles. The third kappa shape index (κ3) is 10.9. The minimum Gasteiger partial charge on any atom is -0.465 e. The largest absolute Gasteiger partial charge is 0.465 e. The van der Waals surface area contributed by atoms with Crippen molar-refractivity contribution >= 4 is 45.3 Å². The first-order valence-corrected chi connectivity index (χ1v) is 11.9. The highest BCUT2D eigenvalue weighted by molar-refractivity contribution is 8.76. The lowest BCUT2D eigenvalue weighted by Crippen LogP contribution is -2.50. The Kier molecular flexibility index (Phi) is 10.4. The summed E-state index contributed by atoms with van der Waals surface area (Å²) in [5.41, 5.74) is 4.72. The molecule has 1 atom stereocenters. The molecule has 0 aromatic carbocycles. The van der Waals surface area contributed by atoms with Gasteiger partial charge in [-0.15, -0.1) is 0 Å². The SMILES string of the molecule is CC(=O)OCCSSCC(C)(N)OCCC(C)(C)NC(=O)CN1C(=O)CCC1=O. The van der Waals surface area contributed by atoms with E-state index in [-0.39, 0.29) is 43.1 Å². The second kappa shape index (κ2) is 11.8. The van der Waals surface area contributed by atoms with Gasteiger partial charge in [0.1, 0.15) is 18.9 Å². The van der Waals surface area contributed by atoms with Gasteiger partial charge in [0.05, 0.1) is 6.61 Å². The fourth-order valence-electron chi connectivity index (χ4n) is 2.44. The Labute approximate surface area is 179 Å². The number of esters is 1. The summed E-state index contributed by atoms with van der Waals surface area (Å²) in [6.07, 6.45) is 0.842. The van der Waals surface area contributed by atoms with E-state index in [2.05, 4.69) is 5.32 Å². The Morgan fingerprint density at radius 2 is 1.76 bits per heavy atom. The van der Waals surface area contributed by atoms with E-state index in [1.165, 1.54) is 17.7 Å². The maximum atomic E-state index is 12.2. The second-order valence-electron chi connectivity index (χ2n) is 7.64. The van der Waals surface area contributed by atoms with E-state index in [9.17, 15) is 19.2 Å². The van der Waals surface area contributed by atoms with Gasteiger partial charge in [0.25, 0.3) is 0 Å². The topological polar surface area (TPSA) is 128 Å². The molecular weight excluding hydrogens is 418 g/mol. The van der Waals surface area contributed by atoms with Crippen LogP contribution in [0.3, 0.4) is 0 Å². The van der Waals surface area contributed by atoms with Crippen LogP contribution in [-0.4, -0.2) is 71.1 Å². The van der Waals surface area contributed by atoms with E-state index in [1.807, 2.05) is 13.8 Å². The zero-order valence-corrected chi connectivity index (χ0v) is 19.1. The zero-order chi connectivity index (χ0) is 22.1. The Morgan fingerprint density at radius 3 is 2.34 bits per heavy atom. The molecule has 0 aliphatic carbocycles. The van der Waals surface area contributed by atoms with Crippen molar-refractivity contribution in [2.45, 2.75) is 58.2 Å². The van der Waals surface area contributed by atoms with E-state index >= 15 is 0 Å². The summed E-state index contributed by atoms with van der Waals surface area (Å²) >= 11 is 0. The molecule has 0 bridgehead atoms. The number of ether oxygens (including phenoxy) is 2. The number of nitrogens with one attached hydrogen (secondary N) is 1. The Bertz CT molecular complexity index is 596. The molecule has 29 heavy (non-hydrogen) atoms. The van der Waals surface area contributed by atoms with Crippen molar-refractivity contribution < 1.29 is 28.7 Å². The van der Waals surface area contributed by atoms with Gasteiger partial charge in [0, 0.05) is 36.8 Å². The van der Waals surface area contributed by atoms with Gasteiger partial charge in [-0.05, 0) is 27.2 Å². The standard InChI is InChI=1S/C18H31N3O6S2/c1-13(22)26-9-10-28-29-12-18(4,19)27-8-7-17(2,3)20-14(23)11-21-15(24)5-6-16(21)25/h5-12,19H2,1-4H3,(H,20,23). The van der Waals surface area contributed by atoms with Crippen LogP contribution in [-0.2, 0) is 28.7 Å². The number of rotatable bonds is 13. The van der Waals surface area contributed by atoms with E-state index in [0.717, 1.165) is 4.90 Å². The predicted molar refractivity (Wildman–Crippen MR) is 113 cm³/mol. The van der Waals surface area contributed by atoms with E-state index in [0.29, 0.717) is 31.1 Å². The summed E-state index contributed by atoms with van der Waals surface area (Å²) in [7, 11) is 3.08. The number of amides is 3. The monoisotopic (exact) mass is 449 g/mol. The average Bonchev–Trinajstić information content (AvgIpc) is 2.88. The number of nitrogens with zero attached hydrogens (tertiary/aromatic N) is 1. The first kappa shape index (κ1) is 25.7. The fraction of sp³-hybridized carbons (Fsp3) is 0.778. The number of hydrogen-bond donors (Lipinski definition) is 2. The van der Waals surface area contributed by atoms with Crippen molar-refractivity contribution in [1.82, 2.24) is 10.2 Å². The maximum Gasteiger partial charge on any atom is 0.302 e. The maximum absolute atomic E-state index is 12.2. The molecule has 3 amide bonds. The molecule has 0 spiro atoms. The molecule has 0 aromatic heterocycles. The number of imide groups is 1. The van der Waals surface area contributed by atoms with Crippen LogP contribution in [0.5, 0.6) is 0 Å². The van der Waals surface area contributed by atoms with Crippen molar-refractivity contribution in [1.29, 1.82) is 0 Å². The number of carbonyl (C=O) groups is 4. The Morgan fingerprint density at radius 1 is 1.14 bits per heavy atom. The van der Waals surface area contributed by atoms with Gasteiger partial charge in [-0.2, -0.15) is 0 Å². The predicted octanol–water partition coefficient (Wildman–Crippen LogP) is 1.06. The first-order valence-electron chi connectivity index (χ1n) is 9.37. The zero-order valence-electron chi connectivity index (χ0n) is 17.4. The molecule has 166 valence electrons. The minimum absolute atomic E-state index is 0.165. The molecule has 0 radical (unpaired) electrons. The lowest BCUT2D eigenvalue weighted by Gasteiger charge is -2.30. The molecule has 1 fully saturated rings. The van der Waals surface area contributed by atoms with Gasteiger partial charge < -0.3 is 20.5 Å². The molecule has 1 unspecified atom stereocenters. The van der Waals surface area contributed by atoms with Gasteiger partial charge in [0.15, 0.2) is 0 Å². The van der Waals surface area contributed by atoms with E-state index < -0.39 is 11.3 Å². The lowest BCUT2D eigenvalue weighted by atomic mass is 10.0. The number of nitrogens with two attached hydrogens (primary N) is 1. The van der Waals surface area contributed by atoms with Crippen molar-refractivity contribution in [3.63, 3.8) is 0 Å². The van der Waals surface area contributed by atoms with Crippen molar-refractivity contribution in [2.24, 2.45) is 5.73 Å². The Hall–Kier alpha value is -1.30. The summed E-state index contributed by atoms with van der Waals surface area (Å²) in [6, 6.07) is 0. The number of likely N-dealkylation sites (tertiary alicyclic amines) is 1. The molecule has 9 nitrogen and oxygen atoms in total. The first-order chi connectivity index (χ1) is 13.4. The smallest absolute Gasteiger partial charge is 0.302 e. The van der Waals surface area contributed by atoms with Gasteiger partial charge in [-0.3, -0.25) is 24.1 Å². The molecular formula is C18H31N3O6S2. The quantitative estimate of drug-likeness (QED) is 0.139. The molecule has 1 aliphatic heterocycles. The highest BCUT2D eigenvalue weighted by Crippen LogP contribution is 2.25. The third-order valence-corrected chi connectivity index (χ3v) is 6.54. The van der Waals surface area contributed by atoms with E-state index in [1.54, 1.807) is 17.7 Å². The summed E-state index contributed by atoms with van der Waals surface area (Å²) < 4.78 is 10.6. The van der Waals surface area contributed by atoms with Gasteiger partial charge >= 0.3 is 5.97 Å². The molecule has 0 aromatic rings. The van der Waals surface area contributed by atoms with Crippen molar-refractivity contribution in [2.75, 3.05) is 31.3 Å². The van der Waals surface area contributed by atoms with E-state index in [4.69, 9.17) is 15.2 Å². The second-order valence-corrected chi connectivity index (χ2v) is 10.2. The van der Waals surface area contributed by atoms with Crippen LogP contribution in [0.25, 0.3) is 0 Å². The van der Waals surface area contributed by atoms with Crippen LogP contribution in [0, 0.1) is 0 Å². The third-order valence-electron chi connectivity index (χ3n) is 3.99. The summed E-state index contributed by atoms with van der Waals surface area (Å²) in [5, 5.41) is 2.83. The summed E-state index contributed by atoms with van der Waals surface area (Å²) in [6.45, 7) is 7.28. The Balaban J connectivity index is 2.26. The average molecular weight is 450 g/mol. The minimum atomic E-state index is -0.840. The lowest BCUT2D eigenvalue weighted by molar-refractivity contribution is -0.143. The molecule has 1 aliphatic rings. The molecule has 3 N–H and O–H groups in total. The van der Waals surface area contributed by atoms with Crippen molar-refractivity contribution in [3.8, 4) is 0 Å². The number of hydrogen-bond acceptors (Lipinski definition) is 9.